The fraction of sp³-hybridized carbons (Fsp3) is 0.538. The van der Waals surface area contributed by atoms with Crippen LogP contribution in [0.5, 0.6) is 0 Å². The summed E-state index contributed by atoms with van der Waals surface area (Å²) in [6, 6.07) is 1.44. The van der Waals surface area contributed by atoms with Crippen LogP contribution < -0.4 is 5.32 Å². The number of nitrogens with one attached hydrogen (secondary N) is 1. The maximum Gasteiger partial charge on any atom is 0.254 e. The summed E-state index contributed by atoms with van der Waals surface area (Å²) in [5.74, 6) is -0.697. The van der Waals surface area contributed by atoms with Crippen molar-refractivity contribution in [3.05, 3.63) is 28.2 Å². The van der Waals surface area contributed by atoms with Crippen molar-refractivity contribution in [2.24, 2.45) is 5.92 Å². The van der Waals surface area contributed by atoms with Gasteiger partial charge >= 0.3 is 0 Å². The largest absolute Gasteiger partial charge is 0.396 e. The van der Waals surface area contributed by atoms with E-state index in [1.165, 1.54) is 6.07 Å². The molecule has 0 saturated heterocycles. The van der Waals surface area contributed by atoms with E-state index in [4.69, 9.17) is 5.11 Å². The Labute approximate surface area is 119 Å². The van der Waals surface area contributed by atoms with Gasteiger partial charge in [0.25, 0.3) is 5.91 Å². The normalized spacial score (nSPS) is 23.1. The average Bonchev–Trinajstić information content (AvgIpc) is 2.42. The number of nitrogens with zero attached hydrogens (tertiary/aromatic N) is 1. The molecule has 0 atom stereocenters. The van der Waals surface area contributed by atoms with Crippen LogP contribution in [0, 0.1) is 11.7 Å². The van der Waals surface area contributed by atoms with Gasteiger partial charge in [0.05, 0.1) is 11.8 Å². The highest BCUT2D eigenvalue weighted by atomic mass is 79.9. The van der Waals surface area contributed by atoms with Gasteiger partial charge in [0, 0.05) is 12.6 Å². The fourth-order valence-electron chi connectivity index (χ4n) is 2.34. The summed E-state index contributed by atoms with van der Waals surface area (Å²) in [6.45, 7) is 0.201. The van der Waals surface area contributed by atoms with E-state index in [0.29, 0.717) is 10.5 Å². The predicted molar refractivity (Wildman–Crippen MR) is 72.2 cm³/mol. The molecule has 1 aromatic heterocycles. The Morgan fingerprint density at radius 1 is 1.47 bits per heavy atom. The predicted octanol–water partition coefficient (Wildman–Crippen LogP) is 2.26. The molecule has 1 amide bonds. The number of amides is 1. The van der Waals surface area contributed by atoms with Gasteiger partial charge in [-0.05, 0) is 53.6 Å². The SMILES string of the molecule is O=C(NC1CCC(CO)CC1)c1cc(Br)ncc1F. The summed E-state index contributed by atoms with van der Waals surface area (Å²) in [5.41, 5.74) is 0.00570. The third kappa shape index (κ3) is 3.73. The van der Waals surface area contributed by atoms with Gasteiger partial charge in [0.2, 0.25) is 0 Å². The van der Waals surface area contributed by atoms with Crippen molar-refractivity contribution in [2.75, 3.05) is 6.61 Å². The van der Waals surface area contributed by atoms with Gasteiger partial charge in [-0.25, -0.2) is 9.37 Å². The van der Waals surface area contributed by atoms with Crippen molar-refractivity contribution in [1.29, 1.82) is 0 Å². The van der Waals surface area contributed by atoms with Crippen LogP contribution in [-0.2, 0) is 0 Å². The van der Waals surface area contributed by atoms with E-state index in [1.807, 2.05) is 0 Å². The first-order valence-corrected chi connectivity index (χ1v) is 7.12. The van der Waals surface area contributed by atoms with Gasteiger partial charge in [0.15, 0.2) is 5.82 Å². The van der Waals surface area contributed by atoms with Crippen LogP contribution in [0.3, 0.4) is 0 Å². The number of pyridine rings is 1. The monoisotopic (exact) mass is 330 g/mol. The van der Waals surface area contributed by atoms with Gasteiger partial charge in [-0.3, -0.25) is 4.79 Å². The lowest BCUT2D eigenvalue weighted by Gasteiger charge is -2.28. The van der Waals surface area contributed by atoms with Crippen LogP contribution in [0.4, 0.5) is 4.39 Å². The van der Waals surface area contributed by atoms with Crippen LogP contribution in [0.25, 0.3) is 0 Å². The Morgan fingerprint density at radius 3 is 2.79 bits per heavy atom. The maximum absolute atomic E-state index is 13.5. The van der Waals surface area contributed by atoms with E-state index in [0.717, 1.165) is 31.9 Å². The maximum atomic E-state index is 13.5. The summed E-state index contributed by atoms with van der Waals surface area (Å²) in [7, 11) is 0. The highest BCUT2D eigenvalue weighted by molar-refractivity contribution is 9.10. The lowest BCUT2D eigenvalue weighted by atomic mass is 9.86. The molecule has 0 bridgehead atoms. The Balaban J connectivity index is 1.96. The van der Waals surface area contributed by atoms with E-state index in [1.54, 1.807) is 0 Å². The van der Waals surface area contributed by atoms with Gasteiger partial charge in [0.1, 0.15) is 4.60 Å². The van der Waals surface area contributed by atoms with Crippen LogP contribution in [-0.4, -0.2) is 28.6 Å². The number of carbonyl (C=O) groups excluding carboxylic acids is 1. The second kappa shape index (κ2) is 6.43. The first-order chi connectivity index (χ1) is 9.10. The van der Waals surface area contributed by atoms with Crippen LogP contribution in [0.15, 0.2) is 16.9 Å². The van der Waals surface area contributed by atoms with E-state index in [2.05, 4.69) is 26.2 Å². The zero-order valence-corrected chi connectivity index (χ0v) is 12.0. The molecular formula is C13H16BrFN2O2. The molecule has 1 heterocycles. The minimum atomic E-state index is -0.621. The first kappa shape index (κ1) is 14.4. The van der Waals surface area contributed by atoms with Crippen LogP contribution in [0.1, 0.15) is 36.0 Å². The molecule has 1 saturated carbocycles. The lowest BCUT2D eigenvalue weighted by Crippen LogP contribution is -2.38. The summed E-state index contributed by atoms with van der Waals surface area (Å²) in [6.07, 6.45) is 4.46. The van der Waals surface area contributed by atoms with Gasteiger partial charge in [-0.15, -0.1) is 0 Å². The summed E-state index contributed by atoms with van der Waals surface area (Å²) < 4.78 is 13.9. The molecular weight excluding hydrogens is 315 g/mol. The quantitative estimate of drug-likeness (QED) is 0.835. The Bertz CT molecular complexity index is 462. The lowest BCUT2D eigenvalue weighted by molar-refractivity contribution is 0.0909. The topological polar surface area (TPSA) is 62.2 Å². The molecule has 0 unspecified atom stereocenters. The average molecular weight is 331 g/mol. The molecule has 1 aromatic rings. The van der Waals surface area contributed by atoms with Gasteiger partial charge in [-0.2, -0.15) is 0 Å². The minimum absolute atomic E-state index is 0.00570. The zero-order chi connectivity index (χ0) is 13.8. The van der Waals surface area contributed by atoms with Crippen molar-refractivity contribution in [3.8, 4) is 0 Å². The number of rotatable bonds is 3. The second-order valence-electron chi connectivity index (χ2n) is 4.86. The molecule has 1 aliphatic carbocycles. The number of aromatic nitrogens is 1. The van der Waals surface area contributed by atoms with Crippen molar-refractivity contribution in [1.82, 2.24) is 10.3 Å². The third-order valence-electron chi connectivity index (χ3n) is 3.51. The number of hydrogen-bond donors (Lipinski definition) is 2. The number of aliphatic hydroxyl groups is 1. The Morgan fingerprint density at radius 2 is 2.16 bits per heavy atom. The second-order valence-corrected chi connectivity index (χ2v) is 5.67. The molecule has 4 nitrogen and oxygen atoms in total. The van der Waals surface area contributed by atoms with Crippen LogP contribution in [0.2, 0.25) is 0 Å². The molecule has 2 N–H and O–H groups in total. The highest BCUT2D eigenvalue weighted by Gasteiger charge is 2.23. The molecule has 104 valence electrons. The van der Waals surface area contributed by atoms with E-state index >= 15 is 0 Å². The summed E-state index contributed by atoms with van der Waals surface area (Å²) in [4.78, 5) is 15.7. The standard InChI is InChI=1S/C13H16BrFN2O2/c14-12-5-10(11(15)6-16-12)13(19)17-9-3-1-8(7-18)2-4-9/h5-6,8-9,18H,1-4,7H2,(H,17,19). The fourth-order valence-corrected chi connectivity index (χ4v) is 2.67. The summed E-state index contributed by atoms with van der Waals surface area (Å²) in [5, 5.41) is 11.9. The van der Waals surface area contributed by atoms with E-state index in [9.17, 15) is 9.18 Å². The van der Waals surface area contributed by atoms with E-state index < -0.39 is 11.7 Å². The molecule has 19 heavy (non-hydrogen) atoms. The zero-order valence-electron chi connectivity index (χ0n) is 10.4. The van der Waals surface area contributed by atoms with Crippen LogP contribution >= 0.6 is 15.9 Å². The van der Waals surface area contributed by atoms with Gasteiger partial charge < -0.3 is 10.4 Å². The van der Waals surface area contributed by atoms with Gasteiger partial charge in [-0.1, -0.05) is 0 Å². The van der Waals surface area contributed by atoms with Crippen molar-refractivity contribution in [2.45, 2.75) is 31.7 Å². The number of halogens is 2. The molecule has 0 aliphatic heterocycles. The van der Waals surface area contributed by atoms with Crippen molar-refractivity contribution < 1.29 is 14.3 Å². The summed E-state index contributed by atoms with van der Waals surface area (Å²) >= 11 is 3.12. The molecule has 0 aromatic carbocycles. The first-order valence-electron chi connectivity index (χ1n) is 6.33. The van der Waals surface area contributed by atoms with Crippen molar-refractivity contribution in [3.63, 3.8) is 0 Å². The van der Waals surface area contributed by atoms with Crippen molar-refractivity contribution >= 4 is 21.8 Å². The Hall–Kier alpha value is -1.01. The number of hydrogen-bond acceptors (Lipinski definition) is 3. The molecule has 0 radical (unpaired) electrons. The molecule has 1 fully saturated rings. The number of carbonyl (C=O) groups is 1. The Kier molecular flexibility index (Phi) is 4.87. The third-order valence-corrected chi connectivity index (χ3v) is 3.94. The molecule has 6 heteroatoms. The number of aliphatic hydroxyl groups excluding tert-OH is 1. The molecule has 1 aliphatic rings. The van der Waals surface area contributed by atoms with E-state index in [-0.39, 0.29) is 18.2 Å². The molecule has 0 spiro atoms. The highest BCUT2D eigenvalue weighted by Crippen LogP contribution is 2.24. The minimum Gasteiger partial charge on any atom is -0.396 e. The molecule has 2 rings (SSSR count). The smallest absolute Gasteiger partial charge is 0.254 e.